The van der Waals surface area contributed by atoms with Crippen LogP contribution >= 0.6 is 24.0 Å². The molecule has 0 atom stereocenters. The summed E-state index contributed by atoms with van der Waals surface area (Å²) in [5, 5.41) is 7.27. The number of nitrogens with one attached hydrogen (secondary N) is 1. The number of alkyl halides is 2. The zero-order chi connectivity index (χ0) is 19.8. The van der Waals surface area contributed by atoms with Crippen LogP contribution in [-0.2, 0) is 13.1 Å². The molecular formula is C19H27F2IN4O2. The highest BCUT2D eigenvalue weighted by Gasteiger charge is 2.10. The van der Waals surface area contributed by atoms with Gasteiger partial charge < -0.3 is 19.5 Å². The highest BCUT2D eigenvalue weighted by atomic mass is 127. The van der Waals surface area contributed by atoms with Gasteiger partial charge in [-0.15, -0.1) is 24.0 Å². The second-order valence-corrected chi connectivity index (χ2v) is 6.42. The molecule has 0 radical (unpaired) electrons. The van der Waals surface area contributed by atoms with Crippen LogP contribution in [0.15, 0.2) is 39.8 Å². The molecule has 9 heteroatoms. The highest BCUT2D eigenvalue weighted by Crippen LogP contribution is 2.16. The van der Waals surface area contributed by atoms with E-state index in [1.807, 2.05) is 24.9 Å². The van der Waals surface area contributed by atoms with Crippen LogP contribution in [0.4, 0.5) is 8.78 Å². The van der Waals surface area contributed by atoms with Crippen molar-refractivity contribution in [2.24, 2.45) is 4.99 Å². The zero-order valence-electron chi connectivity index (χ0n) is 16.5. The standard InChI is InChI=1S/C19H26F2N4O2.HI/c1-5-22-19(23-11-16-10-17(13(2)3)24-27-16)25(4)12-14-6-8-15(9-7-14)26-18(20)21;/h6-10,13,18H,5,11-12H2,1-4H3,(H,22,23);1H. The van der Waals surface area contributed by atoms with Crippen LogP contribution < -0.4 is 10.1 Å². The van der Waals surface area contributed by atoms with E-state index in [0.717, 1.165) is 17.8 Å². The first kappa shape index (κ1) is 24.1. The molecule has 0 aliphatic rings. The van der Waals surface area contributed by atoms with Gasteiger partial charge in [0.1, 0.15) is 12.3 Å². The summed E-state index contributed by atoms with van der Waals surface area (Å²) in [7, 11) is 1.91. The van der Waals surface area contributed by atoms with Crippen molar-refractivity contribution in [3.05, 3.63) is 47.3 Å². The summed E-state index contributed by atoms with van der Waals surface area (Å²) in [6, 6.07) is 8.48. The first-order valence-corrected chi connectivity index (χ1v) is 8.87. The van der Waals surface area contributed by atoms with Crippen LogP contribution in [0.25, 0.3) is 0 Å². The maximum absolute atomic E-state index is 12.2. The first-order chi connectivity index (χ1) is 12.9. The van der Waals surface area contributed by atoms with Gasteiger partial charge in [0.05, 0.1) is 5.69 Å². The predicted octanol–water partition coefficient (Wildman–Crippen LogP) is 4.61. The van der Waals surface area contributed by atoms with Crippen LogP contribution in [-0.4, -0.2) is 36.2 Å². The SMILES string of the molecule is CCNC(=NCc1cc(C(C)C)no1)N(C)Cc1ccc(OC(F)F)cc1.I. The van der Waals surface area contributed by atoms with E-state index < -0.39 is 6.61 Å². The van der Waals surface area contributed by atoms with E-state index in [2.05, 4.69) is 34.1 Å². The van der Waals surface area contributed by atoms with E-state index >= 15 is 0 Å². The van der Waals surface area contributed by atoms with E-state index in [1.54, 1.807) is 12.1 Å². The van der Waals surface area contributed by atoms with Crippen molar-refractivity contribution in [2.75, 3.05) is 13.6 Å². The Morgan fingerprint density at radius 3 is 2.50 bits per heavy atom. The zero-order valence-corrected chi connectivity index (χ0v) is 18.8. The summed E-state index contributed by atoms with van der Waals surface area (Å²) in [5.41, 5.74) is 1.86. The van der Waals surface area contributed by atoms with Gasteiger partial charge in [-0.05, 0) is 30.5 Å². The minimum atomic E-state index is -2.82. The number of aromatic nitrogens is 1. The fraction of sp³-hybridized carbons (Fsp3) is 0.474. The third-order valence-electron chi connectivity index (χ3n) is 3.82. The van der Waals surface area contributed by atoms with Crippen LogP contribution in [0.2, 0.25) is 0 Å². The smallest absolute Gasteiger partial charge is 0.387 e. The van der Waals surface area contributed by atoms with Gasteiger partial charge in [0.2, 0.25) is 0 Å². The lowest BCUT2D eigenvalue weighted by Crippen LogP contribution is -2.38. The van der Waals surface area contributed by atoms with Crippen LogP contribution in [0.5, 0.6) is 5.75 Å². The Bertz CT molecular complexity index is 736. The van der Waals surface area contributed by atoms with Gasteiger partial charge in [-0.25, -0.2) is 4.99 Å². The van der Waals surface area contributed by atoms with E-state index in [9.17, 15) is 8.78 Å². The molecule has 1 aromatic carbocycles. The summed E-state index contributed by atoms with van der Waals surface area (Å²) >= 11 is 0. The second-order valence-electron chi connectivity index (χ2n) is 6.42. The monoisotopic (exact) mass is 508 g/mol. The Balaban J connectivity index is 0.00000392. The molecule has 0 aliphatic heterocycles. The fourth-order valence-electron chi connectivity index (χ4n) is 2.42. The molecule has 156 valence electrons. The molecule has 1 N–H and O–H groups in total. The summed E-state index contributed by atoms with van der Waals surface area (Å²) in [5.74, 6) is 1.87. The topological polar surface area (TPSA) is 62.9 Å². The molecule has 2 rings (SSSR count). The minimum Gasteiger partial charge on any atom is -0.435 e. The maximum atomic E-state index is 12.2. The fourth-order valence-corrected chi connectivity index (χ4v) is 2.42. The average Bonchev–Trinajstić information content (AvgIpc) is 3.09. The minimum absolute atomic E-state index is 0. The molecule has 0 saturated carbocycles. The van der Waals surface area contributed by atoms with Crippen LogP contribution in [0, 0.1) is 0 Å². The summed E-state index contributed by atoms with van der Waals surface area (Å²) in [6.45, 7) is 4.95. The third kappa shape index (κ3) is 7.61. The lowest BCUT2D eigenvalue weighted by Gasteiger charge is -2.22. The number of guanidine groups is 1. The van der Waals surface area contributed by atoms with Crippen LogP contribution in [0.3, 0.4) is 0 Å². The van der Waals surface area contributed by atoms with E-state index in [1.165, 1.54) is 12.1 Å². The average molecular weight is 508 g/mol. The van der Waals surface area contributed by atoms with Crippen molar-refractivity contribution < 1.29 is 18.0 Å². The van der Waals surface area contributed by atoms with Crippen molar-refractivity contribution in [3.63, 3.8) is 0 Å². The number of hydrogen-bond acceptors (Lipinski definition) is 4. The number of rotatable bonds is 8. The summed E-state index contributed by atoms with van der Waals surface area (Å²) in [4.78, 5) is 6.53. The number of benzene rings is 1. The molecule has 0 unspecified atom stereocenters. The van der Waals surface area contributed by atoms with E-state index in [4.69, 9.17) is 4.52 Å². The Morgan fingerprint density at radius 1 is 1.29 bits per heavy atom. The molecule has 0 aliphatic carbocycles. The Labute approximate surface area is 181 Å². The second kappa shape index (κ2) is 11.8. The van der Waals surface area contributed by atoms with Crippen LogP contribution in [0.1, 0.15) is 43.7 Å². The van der Waals surface area contributed by atoms with Gasteiger partial charge in [-0.1, -0.05) is 31.1 Å². The highest BCUT2D eigenvalue weighted by molar-refractivity contribution is 14.0. The van der Waals surface area contributed by atoms with Crippen molar-refractivity contribution in [2.45, 2.75) is 46.4 Å². The number of aliphatic imine (C=N–C) groups is 1. The van der Waals surface area contributed by atoms with Gasteiger partial charge >= 0.3 is 6.61 Å². The Morgan fingerprint density at radius 2 is 1.96 bits per heavy atom. The van der Waals surface area contributed by atoms with Crippen molar-refractivity contribution in [1.82, 2.24) is 15.4 Å². The van der Waals surface area contributed by atoms with Crippen molar-refractivity contribution in [1.29, 1.82) is 0 Å². The summed E-state index contributed by atoms with van der Waals surface area (Å²) < 4.78 is 34.1. The lowest BCUT2D eigenvalue weighted by molar-refractivity contribution is -0.0498. The van der Waals surface area contributed by atoms with Gasteiger partial charge in [0, 0.05) is 26.2 Å². The van der Waals surface area contributed by atoms with Crippen molar-refractivity contribution in [3.8, 4) is 5.75 Å². The molecule has 2 aromatic rings. The molecule has 28 heavy (non-hydrogen) atoms. The molecule has 1 aromatic heterocycles. The number of halogens is 3. The molecular weight excluding hydrogens is 481 g/mol. The number of ether oxygens (including phenoxy) is 1. The van der Waals surface area contributed by atoms with Gasteiger partial charge in [0.25, 0.3) is 0 Å². The first-order valence-electron chi connectivity index (χ1n) is 8.87. The Hall–Kier alpha value is -1.91. The molecule has 1 heterocycles. The molecule has 0 saturated heterocycles. The van der Waals surface area contributed by atoms with E-state index in [0.29, 0.717) is 30.7 Å². The predicted molar refractivity (Wildman–Crippen MR) is 115 cm³/mol. The molecule has 0 amide bonds. The van der Waals surface area contributed by atoms with Gasteiger partial charge in [-0.3, -0.25) is 0 Å². The number of nitrogens with zero attached hydrogens (tertiary/aromatic N) is 3. The number of hydrogen-bond donors (Lipinski definition) is 1. The molecule has 0 fully saturated rings. The van der Waals surface area contributed by atoms with Crippen molar-refractivity contribution >= 4 is 29.9 Å². The van der Waals surface area contributed by atoms with Gasteiger partial charge in [0.15, 0.2) is 11.7 Å². The molecule has 0 bridgehead atoms. The molecule has 6 nitrogen and oxygen atoms in total. The molecule has 0 spiro atoms. The Kier molecular flexibility index (Phi) is 10.2. The summed E-state index contributed by atoms with van der Waals surface area (Å²) in [6.07, 6.45) is 0. The normalized spacial score (nSPS) is 11.5. The van der Waals surface area contributed by atoms with E-state index in [-0.39, 0.29) is 29.7 Å². The largest absolute Gasteiger partial charge is 0.435 e. The quantitative estimate of drug-likeness (QED) is 0.321. The third-order valence-corrected chi connectivity index (χ3v) is 3.82. The lowest BCUT2D eigenvalue weighted by atomic mass is 10.1. The maximum Gasteiger partial charge on any atom is 0.387 e. The van der Waals surface area contributed by atoms with Gasteiger partial charge in [-0.2, -0.15) is 8.78 Å².